The fourth-order valence-corrected chi connectivity index (χ4v) is 7.80. The van der Waals surface area contributed by atoms with Gasteiger partial charge >= 0.3 is 16.5 Å². The number of ether oxygens (including phenoxy) is 2. The van der Waals surface area contributed by atoms with Crippen molar-refractivity contribution in [3.05, 3.63) is 95.1 Å². The highest BCUT2D eigenvalue weighted by atomic mass is 31.1. The van der Waals surface area contributed by atoms with E-state index >= 15 is 0 Å². The van der Waals surface area contributed by atoms with E-state index in [1.807, 2.05) is 100 Å². The molecule has 8 nitrogen and oxygen atoms in total. The summed E-state index contributed by atoms with van der Waals surface area (Å²) in [4.78, 5) is 0. The van der Waals surface area contributed by atoms with Crippen LogP contribution in [0.1, 0.15) is 22.3 Å². The van der Waals surface area contributed by atoms with Gasteiger partial charge in [0.15, 0.2) is 6.29 Å². The van der Waals surface area contributed by atoms with E-state index < -0.39 is 28.9 Å². The molecule has 0 bridgehead atoms. The molecule has 0 radical (unpaired) electrons. The fraction of sp³-hybridized carbons (Fsp3) is 0.273. The Kier molecular flexibility index (Phi) is 7.83. The van der Waals surface area contributed by atoms with Crippen molar-refractivity contribution < 1.29 is 35.3 Å². The molecule has 43 heavy (non-hydrogen) atoms. The van der Waals surface area contributed by atoms with Crippen LogP contribution in [0.5, 0.6) is 0 Å². The minimum Gasteiger partial charge on any atom is -0.399 e. The predicted octanol–water partition coefficient (Wildman–Crippen LogP) is 9.43. The topological polar surface area (TPSA) is 89.5 Å². The molecule has 1 fully saturated rings. The van der Waals surface area contributed by atoms with Crippen LogP contribution in [0.3, 0.4) is 0 Å². The third kappa shape index (κ3) is 5.63. The second kappa shape index (κ2) is 11.9. The molecule has 0 saturated carbocycles. The van der Waals surface area contributed by atoms with Crippen molar-refractivity contribution in [1.29, 1.82) is 0 Å². The van der Waals surface area contributed by atoms with E-state index in [9.17, 15) is 0 Å². The van der Waals surface area contributed by atoms with Crippen LogP contribution in [0.2, 0.25) is 0 Å². The molecular weight excluding hydrogens is 586 g/mol. The molecule has 6 aromatic rings. The van der Waals surface area contributed by atoms with E-state index in [0.717, 1.165) is 66.1 Å². The first kappa shape index (κ1) is 28.3. The van der Waals surface area contributed by atoms with Gasteiger partial charge in [-0.1, -0.05) is 72.8 Å². The van der Waals surface area contributed by atoms with E-state index in [0.29, 0.717) is 0 Å². The first-order valence-corrected chi connectivity index (χ1v) is 16.4. The molecule has 222 valence electrons. The van der Waals surface area contributed by atoms with Gasteiger partial charge in [-0.15, -0.1) is 0 Å². The molecule has 0 unspecified atom stereocenters. The van der Waals surface area contributed by atoms with Gasteiger partial charge in [0, 0.05) is 21.5 Å². The highest BCUT2D eigenvalue weighted by Crippen LogP contribution is 2.39. The number of benzene rings is 4. The standard InChI is InChI=1S/C33H32O8P2/c1-20-9-5-13-25-26-14-6-10-21(2)31(26)39-42(38-30(20)25)36-24-17-34-19-29(35-18-24)37-43-40-32-22(3)11-7-15-27(32)28-16-8-12-23(4)33(28)41-43/h5-16,24,29H,17-19H2,1-4H3/t24-,29+/m0/s1. The summed E-state index contributed by atoms with van der Waals surface area (Å²) in [6.45, 7) is 8.76. The van der Waals surface area contributed by atoms with Crippen molar-refractivity contribution in [2.75, 3.05) is 19.8 Å². The molecule has 2 aromatic heterocycles. The smallest absolute Gasteiger partial charge is 0.390 e. The van der Waals surface area contributed by atoms with Crippen LogP contribution < -0.4 is 9.05 Å². The lowest BCUT2D eigenvalue weighted by Gasteiger charge is -2.13. The summed E-state index contributed by atoms with van der Waals surface area (Å²) < 4.78 is 50.1. The summed E-state index contributed by atoms with van der Waals surface area (Å²) in [5, 5.41) is 3.90. The number of para-hydroxylation sites is 4. The Bertz CT molecular complexity index is 1770. The monoisotopic (exact) mass is 618 g/mol. The maximum Gasteiger partial charge on any atom is 0.390 e. The molecule has 0 amide bonds. The maximum atomic E-state index is 6.36. The Balaban J connectivity index is 1.17. The Morgan fingerprint density at radius 2 is 0.907 bits per heavy atom. The number of hydrogen-bond acceptors (Lipinski definition) is 8. The van der Waals surface area contributed by atoms with Crippen LogP contribution in [0.15, 0.2) is 89.6 Å². The van der Waals surface area contributed by atoms with Crippen LogP contribution >= 0.6 is 16.5 Å². The molecule has 0 aliphatic carbocycles. The number of aryl methyl sites for hydroxylation is 4. The van der Waals surface area contributed by atoms with Gasteiger partial charge in [0.1, 0.15) is 28.4 Å². The normalized spacial score (nSPS) is 17.5. The molecule has 1 saturated heterocycles. The zero-order valence-corrected chi connectivity index (χ0v) is 26.2. The van der Waals surface area contributed by atoms with Crippen molar-refractivity contribution in [2.24, 2.45) is 0 Å². The Morgan fingerprint density at radius 3 is 1.33 bits per heavy atom. The van der Waals surface area contributed by atoms with Gasteiger partial charge in [-0.05, 0) is 49.9 Å². The second-order valence-corrected chi connectivity index (χ2v) is 12.8. The number of hydrogen-bond donors (Lipinski definition) is 0. The summed E-state index contributed by atoms with van der Waals surface area (Å²) in [7, 11) is -3.61. The van der Waals surface area contributed by atoms with Gasteiger partial charge < -0.3 is 26.3 Å². The average molecular weight is 619 g/mol. The molecular formula is C33H32O8P2. The molecule has 7 rings (SSSR count). The lowest BCUT2D eigenvalue weighted by Crippen LogP contribution is -2.27. The van der Waals surface area contributed by atoms with E-state index in [1.165, 1.54) is 0 Å². The van der Waals surface area contributed by atoms with Crippen LogP contribution in [0.25, 0.3) is 43.9 Å². The van der Waals surface area contributed by atoms with Gasteiger partial charge in [-0.2, -0.15) is 0 Å². The third-order valence-corrected chi connectivity index (χ3v) is 9.76. The van der Waals surface area contributed by atoms with Gasteiger partial charge in [0.2, 0.25) is 0 Å². The van der Waals surface area contributed by atoms with Crippen molar-refractivity contribution in [3.63, 3.8) is 0 Å². The largest absolute Gasteiger partial charge is 0.399 e. The van der Waals surface area contributed by atoms with Gasteiger partial charge in [-0.25, -0.2) is 4.52 Å². The molecule has 3 heterocycles. The van der Waals surface area contributed by atoms with Gasteiger partial charge in [-0.3, -0.25) is 4.52 Å². The van der Waals surface area contributed by atoms with E-state index in [-0.39, 0.29) is 19.8 Å². The first-order valence-electron chi connectivity index (χ1n) is 14.2. The van der Waals surface area contributed by atoms with E-state index in [2.05, 4.69) is 0 Å². The van der Waals surface area contributed by atoms with E-state index in [1.54, 1.807) is 0 Å². The minimum absolute atomic E-state index is 0.191. The summed E-state index contributed by atoms with van der Waals surface area (Å²) in [5.74, 6) is 0. The van der Waals surface area contributed by atoms with Crippen LogP contribution in [0.4, 0.5) is 0 Å². The van der Waals surface area contributed by atoms with Crippen molar-refractivity contribution >= 4 is 60.4 Å². The highest BCUT2D eigenvalue weighted by molar-refractivity contribution is 7.32. The van der Waals surface area contributed by atoms with Crippen LogP contribution in [-0.2, 0) is 9.47 Å². The summed E-state index contributed by atoms with van der Waals surface area (Å²) in [6.07, 6.45) is -1.15. The highest BCUT2D eigenvalue weighted by Gasteiger charge is 2.25. The van der Waals surface area contributed by atoms with Crippen molar-refractivity contribution in [3.8, 4) is 0 Å². The molecule has 0 spiro atoms. The summed E-state index contributed by atoms with van der Waals surface area (Å²) >= 11 is 0. The lowest BCUT2D eigenvalue weighted by atomic mass is 10.1. The second-order valence-electron chi connectivity index (χ2n) is 10.8. The Morgan fingerprint density at radius 1 is 0.512 bits per heavy atom. The predicted molar refractivity (Wildman–Crippen MR) is 169 cm³/mol. The van der Waals surface area contributed by atoms with Gasteiger partial charge in [0.25, 0.3) is 0 Å². The van der Waals surface area contributed by atoms with Crippen molar-refractivity contribution in [1.82, 2.24) is 0 Å². The van der Waals surface area contributed by atoms with Crippen LogP contribution in [-0.4, -0.2) is 32.2 Å². The molecule has 0 N–H and O–H groups in total. The van der Waals surface area contributed by atoms with E-state index in [4.69, 9.17) is 35.3 Å². The first-order chi connectivity index (χ1) is 20.9. The van der Waals surface area contributed by atoms with Gasteiger partial charge in [0.05, 0.1) is 19.8 Å². The number of fused-ring (bicyclic) bond motifs is 6. The molecule has 4 aromatic carbocycles. The summed E-state index contributed by atoms with van der Waals surface area (Å²) in [5.41, 5.74) is 7.00. The molecule has 2 atom stereocenters. The fourth-order valence-electron chi connectivity index (χ4n) is 5.31. The third-order valence-electron chi connectivity index (χ3n) is 7.56. The SMILES string of the molecule is Cc1cccc2c1op(O[C@H]1COC[C@@H](Op3oc4c(C)cccc4c4cccc(C)c4o3)OC1)oc1c(C)cccc12. The van der Waals surface area contributed by atoms with Crippen LogP contribution in [0, 0.1) is 27.7 Å². The Hall–Kier alpha value is -3.48. The quantitative estimate of drug-likeness (QED) is 0.193. The van der Waals surface area contributed by atoms with Crippen molar-refractivity contribution in [2.45, 2.75) is 40.1 Å². The average Bonchev–Trinajstić information content (AvgIpc) is 3.38. The minimum atomic E-state index is -1.83. The molecule has 1 aliphatic heterocycles. The molecule has 10 heteroatoms. The zero-order valence-electron chi connectivity index (χ0n) is 24.4. The maximum absolute atomic E-state index is 6.36. The Labute approximate surface area is 250 Å². The number of rotatable bonds is 4. The zero-order chi connectivity index (χ0) is 29.5. The summed E-state index contributed by atoms with van der Waals surface area (Å²) in [6, 6.07) is 24.3. The lowest BCUT2D eigenvalue weighted by molar-refractivity contribution is -0.0793. The molecule has 1 aliphatic rings.